The molecular weight excluding hydrogens is 522 g/mol. The van der Waals surface area contributed by atoms with Crippen LogP contribution < -0.4 is 25.0 Å². The molecule has 3 heterocycles. The largest absolute Gasteiger partial charge is 0.493 e. The number of fused-ring (bicyclic) bond motifs is 1. The normalized spacial score (nSPS) is 11.0. The molecule has 10 heteroatoms. The Morgan fingerprint density at radius 2 is 1.59 bits per heavy atom. The van der Waals surface area contributed by atoms with Gasteiger partial charge in [0.05, 0.1) is 32.1 Å². The van der Waals surface area contributed by atoms with E-state index in [0.29, 0.717) is 39.5 Å². The molecule has 0 spiro atoms. The second kappa shape index (κ2) is 11.5. The summed E-state index contributed by atoms with van der Waals surface area (Å²) >= 11 is 0. The van der Waals surface area contributed by atoms with E-state index < -0.39 is 5.91 Å². The molecule has 0 aliphatic heterocycles. The van der Waals surface area contributed by atoms with E-state index in [9.17, 15) is 9.59 Å². The number of rotatable bonds is 8. The molecule has 0 unspecified atom stereocenters. The minimum absolute atomic E-state index is 0.00617. The number of ether oxygens (including phenoxy) is 3. The Bertz CT molecular complexity index is 1780. The van der Waals surface area contributed by atoms with E-state index in [4.69, 9.17) is 14.2 Å². The maximum Gasteiger partial charge on any atom is 0.263 e. The minimum atomic E-state index is -0.604. The van der Waals surface area contributed by atoms with E-state index in [2.05, 4.69) is 20.3 Å². The third-order valence-electron chi connectivity index (χ3n) is 6.54. The quantitative estimate of drug-likeness (QED) is 0.257. The molecule has 0 saturated heterocycles. The standard InChI is InChI=1S/C31H29N5O5/c1-18(2)36-16-23(20-8-6-19(3)7-9-20)29(37)24(17-36)30(38)35-31-33-14-21(15-34-31)41-26-10-11-32-25-13-28(40-5)27(39-4)12-22(25)26/h6-18H,1-5H3,(H,33,34,35,38). The number of amides is 1. The lowest BCUT2D eigenvalue weighted by Crippen LogP contribution is -2.25. The van der Waals surface area contributed by atoms with Crippen molar-refractivity contribution >= 4 is 22.8 Å². The second-order valence-electron chi connectivity index (χ2n) is 9.65. The molecule has 0 atom stereocenters. The number of hydrogen-bond acceptors (Lipinski definition) is 8. The van der Waals surface area contributed by atoms with Gasteiger partial charge in [-0.05, 0) is 38.5 Å². The van der Waals surface area contributed by atoms with Crippen LogP contribution in [0.25, 0.3) is 22.0 Å². The van der Waals surface area contributed by atoms with E-state index in [1.165, 1.54) is 12.4 Å². The predicted octanol–water partition coefficient (Wildman–Crippen LogP) is 5.80. The van der Waals surface area contributed by atoms with Crippen LogP contribution in [0.2, 0.25) is 0 Å². The fourth-order valence-corrected chi connectivity index (χ4v) is 4.26. The number of methoxy groups -OCH3 is 2. The molecule has 5 aromatic rings. The van der Waals surface area contributed by atoms with E-state index in [0.717, 1.165) is 11.1 Å². The molecule has 2 aromatic carbocycles. The third kappa shape index (κ3) is 5.72. The number of benzene rings is 2. The van der Waals surface area contributed by atoms with Gasteiger partial charge < -0.3 is 18.8 Å². The van der Waals surface area contributed by atoms with Crippen LogP contribution in [0.3, 0.4) is 0 Å². The maximum atomic E-state index is 13.4. The molecule has 0 fully saturated rings. The van der Waals surface area contributed by atoms with E-state index in [1.807, 2.05) is 49.6 Å². The maximum absolute atomic E-state index is 13.4. The van der Waals surface area contributed by atoms with Crippen molar-refractivity contribution in [1.82, 2.24) is 19.5 Å². The SMILES string of the molecule is COc1cc2nccc(Oc3cnc(NC(=O)c4cn(C(C)C)cc(-c5ccc(C)cc5)c4=O)nc3)c2cc1OC. The molecule has 208 valence electrons. The zero-order chi connectivity index (χ0) is 29.1. The number of hydrogen-bond donors (Lipinski definition) is 1. The van der Waals surface area contributed by atoms with Gasteiger partial charge in [-0.2, -0.15) is 0 Å². The topological polar surface area (TPSA) is 117 Å². The van der Waals surface area contributed by atoms with Gasteiger partial charge >= 0.3 is 0 Å². The monoisotopic (exact) mass is 551 g/mol. The van der Waals surface area contributed by atoms with Crippen LogP contribution in [0.4, 0.5) is 5.95 Å². The smallest absolute Gasteiger partial charge is 0.263 e. The van der Waals surface area contributed by atoms with Gasteiger partial charge in [0.25, 0.3) is 5.91 Å². The molecule has 0 aliphatic carbocycles. The average Bonchev–Trinajstić information content (AvgIpc) is 2.98. The Hall–Kier alpha value is -5.25. The Morgan fingerprint density at radius 1 is 0.902 bits per heavy atom. The molecule has 10 nitrogen and oxygen atoms in total. The highest BCUT2D eigenvalue weighted by molar-refractivity contribution is 6.03. The molecule has 0 saturated carbocycles. The summed E-state index contributed by atoms with van der Waals surface area (Å²) in [6.07, 6.45) is 7.81. The first-order valence-corrected chi connectivity index (χ1v) is 12.9. The highest BCUT2D eigenvalue weighted by Gasteiger charge is 2.18. The highest BCUT2D eigenvalue weighted by atomic mass is 16.5. The number of nitrogens with zero attached hydrogens (tertiary/aromatic N) is 4. The van der Waals surface area contributed by atoms with Crippen LogP contribution in [0.5, 0.6) is 23.0 Å². The van der Waals surface area contributed by atoms with E-state index in [1.54, 1.807) is 51.0 Å². The first-order valence-electron chi connectivity index (χ1n) is 12.9. The van der Waals surface area contributed by atoms with Crippen LogP contribution in [-0.2, 0) is 0 Å². The molecule has 5 rings (SSSR count). The van der Waals surface area contributed by atoms with Gasteiger partial charge in [0.1, 0.15) is 11.3 Å². The van der Waals surface area contributed by atoms with Crippen molar-refractivity contribution in [3.8, 4) is 34.1 Å². The number of aromatic nitrogens is 4. The zero-order valence-corrected chi connectivity index (χ0v) is 23.3. The van der Waals surface area contributed by atoms with Crippen molar-refractivity contribution < 1.29 is 19.0 Å². The van der Waals surface area contributed by atoms with Gasteiger partial charge in [-0.1, -0.05) is 29.8 Å². The molecule has 0 bridgehead atoms. The molecule has 3 aromatic heterocycles. The predicted molar refractivity (Wildman–Crippen MR) is 156 cm³/mol. The van der Waals surface area contributed by atoms with Gasteiger partial charge in [-0.15, -0.1) is 0 Å². The molecular formula is C31H29N5O5. The summed E-state index contributed by atoms with van der Waals surface area (Å²) in [4.78, 5) is 39.4. The van der Waals surface area contributed by atoms with Gasteiger partial charge in [0.2, 0.25) is 11.4 Å². The zero-order valence-electron chi connectivity index (χ0n) is 23.3. The lowest BCUT2D eigenvalue weighted by Gasteiger charge is -2.15. The summed E-state index contributed by atoms with van der Waals surface area (Å²) in [6, 6.07) is 12.9. The number of carbonyl (C=O) groups is 1. The molecule has 1 amide bonds. The first-order chi connectivity index (χ1) is 19.8. The number of nitrogens with one attached hydrogen (secondary N) is 1. The fraction of sp³-hybridized carbons (Fsp3) is 0.194. The Morgan fingerprint density at radius 3 is 2.24 bits per heavy atom. The Balaban J connectivity index is 1.39. The van der Waals surface area contributed by atoms with E-state index >= 15 is 0 Å². The van der Waals surface area contributed by atoms with Gasteiger partial charge in [-0.3, -0.25) is 19.9 Å². The summed E-state index contributed by atoms with van der Waals surface area (Å²) < 4.78 is 18.6. The van der Waals surface area contributed by atoms with Crippen LogP contribution in [0.1, 0.15) is 35.8 Å². The van der Waals surface area contributed by atoms with Crippen LogP contribution >= 0.6 is 0 Å². The van der Waals surface area contributed by atoms with Gasteiger partial charge in [-0.25, -0.2) is 9.97 Å². The van der Waals surface area contributed by atoms with Crippen LogP contribution in [-0.4, -0.2) is 39.6 Å². The lowest BCUT2D eigenvalue weighted by atomic mass is 10.0. The second-order valence-corrected chi connectivity index (χ2v) is 9.65. The summed E-state index contributed by atoms with van der Waals surface area (Å²) in [5.74, 6) is 1.37. The molecule has 0 radical (unpaired) electrons. The third-order valence-corrected chi connectivity index (χ3v) is 6.54. The fourth-order valence-electron chi connectivity index (χ4n) is 4.26. The van der Waals surface area contributed by atoms with Gasteiger partial charge in [0, 0.05) is 41.6 Å². The average molecular weight is 552 g/mol. The number of carbonyl (C=O) groups excluding carboxylic acids is 1. The van der Waals surface area contributed by atoms with Crippen LogP contribution in [0, 0.1) is 6.92 Å². The number of aryl methyl sites for hydroxylation is 1. The van der Waals surface area contributed by atoms with Crippen molar-refractivity contribution in [2.45, 2.75) is 26.8 Å². The Kier molecular flexibility index (Phi) is 7.64. The molecule has 1 N–H and O–H groups in total. The van der Waals surface area contributed by atoms with Crippen molar-refractivity contribution in [3.05, 3.63) is 94.8 Å². The minimum Gasteiger partial charge on any atom is -0.493 e. The molecule has 0 aliphatic rings. The van der Waals surface area contributed by atoms with Gasteiger partial charge in [0.15, 0.2) is 17.2 Å². The van der Waals surface area contributed by atoms with Crippen molar-refractivity contribution in [1.29, 1.82) is 0 Å². The van der Waals surface area contributed by atoms with Crippen molar-refractivity contribution in [3.63, 3.8) is 0 Å². The summed E-state index contributed by atoms with van der Waals surface area (Å²) in [5, 5.41) is 3.34. The summed E-state index contributed by atoms with van der Waals surface area (Å²) in [5.41, 5.74) is 2.53. The van der Waals surface area contributed by atoms with Crippen molar-refractivity contribution in [2.24, 2.45) is 0 Å². The summed E-state index contributed by atoms with van der Waals surface area (Å²) in [6.45, 7) is 5.93. The number of anilines is 1. The number of pyridine rings is 2. The first kappa shape index (κ1) is 27.3. The highest BCUT2D eigenvalue weighted by Crippen LogP contribution is 2.36. The lowest BCUT2D eigenvalue weighted by molar-refractivity contribution is 0.102. The van der Waals surface area contributed by atoms with Crippen molar-refractivity contribution in [2.75, 3.05) is 19.5 Å². The summed E-state index contributed by atoms with van der Waals surface area (Å²) in [7, 11) is 3.11. The van der Waals surface area contributed by atoms with Crippen LogP contribution in [0.15, 0.2) is 78.2 Å². The molecule has 41 heavy (non-hydrogen) atoms. The van der Waals surface area contributed by atoms with E-state index in [-0.39, 0.29) is 23.0 Å². The Labute approximate surface area is 236 Å².